The summed E-state index contributed by atoms with van der Waals surface area (Å²) < 4.78 is 12.2. The van der Waals surface area contributed by atoms with Gasteiger partial charge in [0.1, 0.15) is 10.8 Å². The molecular formula is C20H24N4O4S2. The van der Waals surface area contributed by atoms with Crippen LogP contribution in [-0.4, -0.2) is 39.5 Å². The Balaban J connectivity index is 1.74. The Bertz CT molecular complexity index is 1070. The van der Waals surface area contributed by atoms with Gasteiger partial charge in [0.2, 0.25) is 5.91 Å². The molecule has 3 aromatic rings. The van der Waals surface area contributed by atoms with Gasteiger partial charge in [0.05, 0.1) is 30.3 Å². The van der Waals surface area contributed by atoms with Crippen molar-refractivity contribution < 1.29 is 18.7 Å². The van der Waals surface area contributed by atoms with Gasteiger partial charge in [-0.2, -0.15) is 0 Å². The molecular weight excluding hydrogens is 424 g/mol. The minimum absolute atomic E-state index is 0.140. The zero-order chi connectivity index (χ0) is 21.8. The van der Waals surface area contributed by atoms with E-state index in [2.05, 4.69) is 15.5 Å². The summed E-state index contributed by atoms with van der Waals surface area (Å²) in [4.78, 5) is 25.8. The van der Waals surface area contributed by atoms with Gasteiger partial charge in [0.25, 0.3) is 0 Å². The molecule has 0 radical (unpaired) electrons. The Morgan fingerprint density at radius 1 is 1.30 bits per heavy atom. The normalized spacial score (nSPS) is 11.0. The van der Waals surface area contributed by atoms with Gasteiger partial charge in [-0.15, -0.1) is 21.5 Å². The van der Waals surface area contributed by atoms with Crippen LogP contribution >= 0.6 is 23.1 Å². The fourth-order valence-corrected chi connectivity index (χ4v) is 5.15. The number of carbonyl (C=O) groups excluding carboxylic acids is 2. The van der Waals surface area contributed by atoms with E-state index >= 15 is 0 Å². The second-order valence-corrected chi connectivity index (χ2v) is 8.63. The third-order valence-electron chi connectivity index (χ3n) is 4.67. The summed E-state index contributed by atoms with van der Waals surface area (Å²) in [6, 6.07) is 1.85. The Labute approximate surface area is 183 Å². The standard InChI is InChI=1S/C20H24N4O4S2/c1-6-13-12(4)30-18(16(13)19(26)27-5)21-15(25)10-29-20-23-22-17(24(20)7-2)14-8-9-28-11(14)3/h8-9H,6-7,10H2,1-5H3,(H,21,25). The number of amides is 1. The molecule has 3 rings (SSSR count). The summed E-state index contributed by atoms with van der Waals surface area (Å²) in [5.41, 5.74) is 2.22. The largest absolute Gasteiger partial charge is 0.469 e. The van der Waals surface area contributed by atoms with Gasteiger partial charge >= 0.3 is 5.97 Å². The van der Waals surface area contributed by atoms with E-state index in [4.69, 9.17) is 9.15 Å². The lowest BCUT2D eigenvalue weighted by atomic mass is 10.1. The summed E-state index contributed by atoms with van der Waals surface area (Å²) in [5, 5.41) is 12.5. The lowest BCUT2D eigenvalue weighted by molar-refractivity contribution is -0.113. The average molecular weight is 449 g/mol. The molecule has 0 aliphatic heterocycles. The maximum atomic E-state index is 12.6. The van der Waals surface area contributed by atoms with Crippen molar-refractivity contribution in [1.29, 1.82) is 0 Å². The summed E-state index contributed by atoms with van der Waals surface area (Å²) >= 11 is 2.68. The second kappa shape index (κ2) is 9.48. The van der Waals surface area contributed by atoms with Crippen molar-refractivity contribution in [3.8, 4) is 11.4 Å². The van der Waals surface area contributed by atoms with Crippen LogP contribution in [0.1, 0.15) is 40.4 Å². The van der Waals surface area contributed by atoms with Crippen molar-refractivity contribution in [2.75, 3.05) is 18.2 Å². The predicted molar refractivity (Wildman–Crippen MR) is 117 cm³/mol. The number of hydrogen-bond acceptors (Lipinski definition) is 8. The minimum Gasteiger partial charge on any atom is -0.469 e. The van der Waals surface area contributed by atoms with E-state index in [1.54, 1.807) is 6.26 Å². The SMILES string of the molecule is CCc1c(C)sc(NC(=O)CSc2nnc(-c3ccoc3C)n2CC)c1C(=O)OC. The maximum absolute atomic E-state index is 12.6. The number of methoxy groups -OCH3 is 1. The van der Waals surface area contributed by atoms with Gasteiger partial charge in [0, 0.05) is 11.4 Å². The highest BCUT2D eigenvalue weighted by atomic mass is 32.2. The Morgan fingerprint density at radius 3 is 2.67 bits per heavy atom. The average Bonchev–Trinajstić information content (AvgIpc) is 3.41. The van der Waals surface area contributed by atoms with E-state index in [0.29, 0.717) is 34.5 Å². The smallest absolute Gasteiger partial charge is 0.341 e. The number of esters is 1. The summed E-state index contributed by atoms with van der Waals surface area (Å²) in [7, 11) is 1.34. The summed E-state index contributed by atoms with van der Waals surface area (Å²) in [6.45, 7) is 8.43. The monoisotopic (exact) mass is 448 g/mol. The van der Waals surface area contributed by atoms with E-state index in [1.165, 1.54) is 30.2 Å². The molecule has 0 saturated carbocycles. The van der Waals surface area contributed by atoms with Crippen molar-refractivity contribution in [3.05, 3.63) is 34.1 Å². The van der Waals surface area contributed by atoms with Crippen LogP contribution < -0.4 is 5.32 Å². The number of nitrogens with one attached hydrogen (secondary N) is 1. The highest BCUT2D eigenvalue weighted by Gasteiger charge is 2.23. The zero-order valence-electron chi connectivity index (χ0n) is 17.6. The molecule has 0 aliphatic rings. The Morgan fingerprint density at radius 2 is 2.07 bits per heavy atom. The van der Waals surface area contributed by atoms with Gasteiger partial charge in [-0.05, 0) is 38.8 Å². The number of hydrogen-bond donors (Lipinski definition) is 1. The van der Waals surface area contributed by atoms with Gasteiger partial charge in [0.15, 0.2) is 11.0 Å². The number of thiophene rings is 1. The molecule has 0 unspecified atom stereocenters. The van der Waals surface area contributed by atoms with E-state index < -0.39 is 5.97 Å². The summed E-state index contributed by atoms with van der Waals surface area (Å²) in [6.07, 6.45) is 2.30. The molecule has 0 atom stereocenters. The highest BCUT2D eigenvalue weighted by molar-refractivity contribution is 7.99. The Kier molecular flexibility index (Phi) is 6.99. The van der Waals surface area contributed by atoms with Crippen molar-refractivity contribution in [2.45, 2.75) is 45.8 Å². The van der Waals surface area contributed by atoms with Gasteiger partial charge in [-0.3, -0.25) is 4.79 Å². The van der Waals surface area contributed by atoms with E-state index in [1.807, 2.05) is 38.3 Å². The molecule has 0 spiro atoms. The molecule has 1 N–H and O–H groups in total. The molecule has 160 valence electrons. The van der Waals surface area contributed by atoms with Crippen molar-refractivity contribution in [1.82, 2.24) is 14.8 Å². The molecule has 3 heterocycles. The maximum Gasteiger partial charge on any atom is 0.341 e. The molecule has 1 amide bonds. The minimum atomic E-state index is -0.440. The molecule has 10 heteroatoms. The van der Waals surface area contributed by atoms with Gasteiger partial charge < -0.3 is 19.0 Å². The molecule has 0 aromatic carbocycles. The number of nitrogens with zero attached hydrogens (tertiary/aromatic N) is 3. The number of anilines is 1. The third-order valence-corrected chi connectivity index (χ3v) is 6.70. The number of carbonyl (C=O) groups is 2. The number of aromatic nitrogens is 3. The van der Waals surface area contributed by atoms with Crippen LogP contribution in [-0.2, 0) is 22.5 Å². The van der Waals surface area contributed by atoms with Gasteiger partial charge in [-0.1, -0.05) is 18.7 Å². The van der Waals surface area contributed by atoms with Gasteiger partial charge in [-0.25, -0.2) is 4.79 Å². The van der Waals surface area contributed by atoms with Crippen molar-refractivity contribution in [3.63, 3.8) is 0 Å². The van der Waals surface area contributed by atoms with Crippen molar-refractivity contribution >= 4 is 40.0 Å². The third kappa shape index (κ3) is 4.29. The number of rotatable bonds is 8. The lowest BCUT2D eigenvalue weighted by Gasteiger charge is -2.08. The molecule has 0 aliphatic carbocycles. The van der Waals surface area contributed by atoms with Crippen LogP contribution in [0.25, 0.3) is 11.4 Å². The number of furan rings is 1. The fraction of sp³-hybridized carbons (Fsp3) is 0.400. The van der Waals surface area contributed by atoms with E-state index in [9.17, 15) is 9.59 Å². The van der Waals surface area contributed by atoms with Crippen LogP contribution in [0.4, 0.5) is 5.00 Å². The summed E-state index contributed by atoms with van der Waals surface area (Å²) in [5.74, 6) is 0.954. The highest BCUT2D eigenvalue weighted by Crippen LogP contribution is 2.34. The van der Waals surface area contributed by atoms with Crippen LogP contribution in [0.2, 0.25) is 0 Å². The fourth-order valence-electron chi connectivity index (χ4n) is 3.20. The molecule has 0 saturated heterocycles. The zero-order valence-corrected chi connectivity index (χ0v) is 19.2. The van der Waals surface area contributed by atoms with Crippen LogP contribution in [0, 0.1) is 13.8 Å². The van der Waals surface area contributed by atoms with E-state index in [-0.39, 0.29) is 11.7 Å². The first kappa shape index (κ1) is 22.1. The Hall–Kier alpha value is -2.59. The first-order chi connectivity index (χ1) is 14.4. The first-order valence-corrected chi connectivity index (χ1v) is 11.3. The number of ether oxygens (including phenoxy) is 1. The first-order valence-electron chi connectivity index (χ1n) is 9.52. The van der Waals surface area contributed by atoms with E-state index in [0.717, 1.165) is 21.8 Å². The topological polar surface area (TPSA) is 99.3 Å². The number of thioether (sulfide) groups is 1. The molecule has 0 bridgehead atoms. The van der Waals surface area contributed by atoms with Crippen LogP contribution in [0.3, 0.4) is 0 Å². The predicted octanol–water partition coefficient (Wildman–Crippen LogP) is 4.32. The number of aryl methyl sites for hydroxylation is 2. The second-order valence-electron chi connectivity index (χ2n) is 6.46. The lowest BCUT2D eigenvalue weighted by Crippen LogP contribution is -2.16. The quantitative estimate of drug-likeness (QED) is 0.405. The van der Waals surface area contributed by atoms with Crippen LogP contribution in [0.15, 0.2) is 21.9 Å². The molecule has 30 heavy (non-hydrogen) atoms. The molecule has 8 nitrogen and oxygen atoms in total. The molecule has 0 fully saturated rings. The molecule has 3 aromatic heterocycles. The van der Waals surface area contributed by atoms with Crippen molar-refractivity contribution in [2.24, 2.45) is 0 Å². The van der Waals surface area contributed by atoms with Crippen LogP contribution in [0.5, 0.6) is 0 Å².